The number of imide groups is 1. The second-order valence-corrected chi connectivity index (χ2v) is 6.37. The van der Waals surface area contributed by atoms with Crippen LogP contribution < -0.4 is 9.47 Å². The van der Waals surface area contributed by atoms with Crippen LogP contribution in [-0.4, -0.2) is 43.6 Å². The lowest BCUT2D eigenvalue weighted by Crippen LogP contribution is -2.35. The van der Waals surface area contributed by atoms with Crippen LogP contribution in [0.5, 0.6) is 11.5 Å². The summed E-state index contributed by atoms with van der Waals surface area (Å²) in [5.41, 5.74) is 1.68. The first-order valence-electron chi connectivity index (χ1n) is 9.47. The Morgan fingerprint density at radius 2 is 1.61 bits per heavy atom. The molecule has 0 fully saturated rings. The fraction of sp³-hybridized carbons (Fsp3) is 0.364. The average Bonchev–Trinajstić information content (AvgIpc) is 2.97. The highest BCUT2D eigenvalue weighted by molar-refractivity contribution is 6.21. The largest absolute Gasteiger partial charge is 0.493 e. The molecule has 0 radical (unpaired) electrons. The fourth-order valence-electron chi connectivity index (χ4n) is 3.44. The van der Waals surface area contributed by atoms with Crippen molar-refractivity contribution < 1.29 is 23.8 Å². The number of hydrogen-bond donors (Lipinski definition) is 0. The smallest absolute Gasteiger partial charge is 0.262 e. The number of methoxy groups -OCH3 is 1. The molecule has 0 saturated heterocycles. The number of carbonyl (C=O) groups is 2. The molecule has 28 heavy (non-hydrogen) atoms. The predicted octanol–water partition coefficient (Wildman–Crippen LogP) is 3.86. The first-order chi connectivity index (χ1) is 13.6. The molecule has 6 heteroatoms. The molecule has 2 amide bonds. The lowest BCUT2D eigenvalue weighted by Gasteiger charge is -2.27. The van der Waals surface area contributed by atoms with Crippen molar-refractivity contribution in [1.82, 2.24) is 4.90 Å². The summed E-state index contributed by atoms with van der Waals surface area (Å²) in [6.45, 7) is 5.29. The summed E-state index contributed by atoms with van der Waals surface area (Å²) >= 11 is 0. The van der Waals surface area contributed by atoms with E-state index in [1.807, 2.05) is 26.0 Å². The third kappa shape index (κ3) is 3.73. The summed E-state index contributed by atoms with van der Waals surface area (Å²) in [6.07, 6.45) is 0.497. The van der Waals surface area contributed by atoms with E-state index in [0.717, 1.165) is 5.56 Å². The number of carbonyl (C=O) groups excluding carboxylic acids is 2. The van der Waals surface area contributed by atoms with E-state index >= 15 is 0 Å². The molecule has 0 aliphatic carbocycles. The minimum atomic E-state index is -0.455. The van der Waals surface area contributed by atoms with Gasteiger partial charge in [-0.25, -0.2) is 0 Å². The van der Waals surface area contributed by atoms with Gasteiger partial charge in [-0.05, 0) is 50.1 Å². The van der Waals surface area contributed by atoms with Gasteiger partial charge in [0.25, 0.3) is 11.8 Å². The first kappa shape index (κ1) is 19.9. The van der Waals surface area contributed by atoms with Crippen molar-refractivity contribution in [2.45, 2.75) is 26.3 Å². The molecule has 148 valence electrons. The van der Waals surface area contributed by atoms with E-state index in [-0.39, 0.29) is 11.8 Å². The van der Waals surface area contributed by atoms with E-state index in [1.165, 1.54) is 4.90 Å². The number of rotatable bonds is 9. The maximum atomic E-state index is 13.0. The van der Waals surface area contributed by atoms with Gasteiger partial charge >= 0.3 is 0 Å². The fourth-order valence-corrected chi connectivity index (χ4v) is 3.44. The van der Waals surface area contributed by atoms with Gasteiger partial charge < -0.3 is 14.2 Å². The third-order valence-corrected chi connectivity index (χ3v) is 4.75. The molecule has 2 aromatic rings. The van der Waals surface area contributed by atoms with Gasteiger partial charge in [0.05, 0.1) is 30.9 Å². The molecule has 1 heterocycles. The van der Waals surface area contributed by atoms with Crippen LogP contribution in [0.15, 0.2) is 42.5 Å². The van der Waals surface area contributed by atoms with Crippen LogP contribution in [0.1, 0.15) is 52.6 Å². The summed E-state index contributed by atoms with van der Waals surface area (Å²) in [7, 11) is 1.58. The highest BCUT2D eigenvalue weighted by Crippen LogP contribution is 2.37. The van der Waals surface area contributed by atoms with E-state index in [4.69, 9.17) is 14.2 Å². The van der Waals surface area contributed by atoms with Gasteiger partial charge in [0.2, 0.25) is 0 Å². The minimum absolute atomic E-state index is 0.282. The standard InChI is InChI=1S/C22H25NO5/c1-4-27-13-12-18(15-10-11-19(26-3)20(14-15)28-5-2)23-21(24)16-8-6-7-9-17(16)22(23)25/h6-11,14,18H,4-5,12-13H2,1-3H3. The lowest BCUT2D eigenvalue weighted by atomic mass is 10.0. The van der Waals surface area contributed by atoms with Crippen molar-refractivity contribution in [3.8, 4) is 11.5 Å². The maximum absolute atomic E-state index is 13.0. The van der Waals surface area contributed by atoms with Gasteiger partial charge in [-0.1, -0.05) is 18.2 Å². The zero-order valence-electron chi connectivity index (χ0n) is 16.4. The highest BCUT2D eigenvalue weighted by atomic mass is 16.5. The third-order valence-electron chi connectivity index (χ3n) is 4.75. The molecule has 0 N–H and O–H groups in total. The predicted molar refractivity (Wildman–Crippen MR) is 105 cm³/mol. The maximum Gasteiger partial charge on any atom is 0.262 e. The van der Waals surface area contributed by atoms with Crippen molar-refractivity contribution in [1.29, 1.82) is 0 Å². The number of amides is 2. The molecule has 1 atom stereocenters. The van der Waals surface area contributed by atoms with Gasteiger partial charge in [-0.3, -0.25) is 14.5 Å². The molecule has 0 aromatic heterocycles. The van der Waals surface area contributed by atoms with Crippen molar-refractivity contribution in [3.05, 3.63) is 59.2 Å². The van der Waals surface area contributed by atoms with Crippen LogP contribution in [-0.2, 0) is 4.74 Å². The zero-order valence-corrected chi connectivity index (χ0v) is 16.4. The van der Waals surface area contributed by atoms with E-state index in [1.54, 1.807) is 37.4 Å². The van der Waals surface area contributed by atoms with Gasteiger partial charge in [-0.15, -0.1) is 0 Å². The van der Waals surface area contributed by atoms with Crippen LogP contribution >= 0.6 is 0 Å². The summed E-state index contributed by atoms with van der Waals surface area (Å²) < 4.78 is 16.5. The highest BCUT2D eigenvalue weighted by Gasteiger charge is 2.40. The molecule has 0 spiro atoms. The van der Waals surface area contributed by atoms with Crippen LogP contribution in [0, 0.1) is 0 Å². The number of ether oxygens (including phenoxy) is 3. The molecule has 3 rings (SSSR count). The Bertz CT molecular complexity index is 829. The lowest BCUT2D eigenvalue weighted by molar-refractivity contribution is 0.0529. The monoisotopic (exact) mass is 383 g/mol. The van der Waals surface area contributed by atoms with Gasteiger partial charge in [0.1, 0.15) is 0 Å². The molecule has 0 bridgehead atoms. The Morgan fingerprint density at radius 1 is 0.929 bits per heavy atom. The Labute approximate surface area is 165 Å². The zero-order chi connectivity index (χ0) is 20.1. The Balaban J connectivity index is 2.00. The summed E-state index contributed by atoms with van der Waals surface area (Å²) in [5.74, 6) is 0.629. The van der Waals surface area contributed by atoms with Gasteiger partial charge in [0.15, 0.2) is 11.5 Å². The van der Waals surface area contributed by atoms with Gasteiger partial charge in [-0.2, -0.15) is 0 Å². The topological polar surface area (TPSA) is 65.1 Å². The molecular formula is C22H25NO5. The number of benzene rings is 2. The SMILES string of the molecule is CCOCCC(c1ccc(OC)c(OCC)c1)N1C(=O)c2ccccc2C1=O. The van der Waals surface area contributed by atoms with Gasteiger partial charge in [0, 0.05) is 13.2 Å². The quantitative estimate of drug-likeness (QED) is 0.486. The molecule has 1 aliphatic rings. The van der Waals surface area contributed by atoms with Crippen molar-refractivity contribution >= 4 is 11.8 Å². The van der Waals surface area contributed by atoms with Crippen LogP contribution in [0.3, 0.4) is 0 Å². The molecular weight excluding hydrogens is 358 g/mol. The van der Waals surface area contributed by atoms with Crippen LogP contribution in [0.2, 0.25) is 0 Å². The normalized spacial score (nSPS) is 14.2. The molecule has 1 unspecified atom stereocenters. The number of hydrogen-bond acceptors (Lipinski definition) is 5. The Hall–Kier alpha value is -2.86. The van der Waals surface area contributed by atoms with E-state index < -0.39 is 6.04 Å². The van der Waals surface area contributed by atoms with E-state index in [9.17, 15) is 9.59 Å². The van der Waals surface area contributed by atoms with Crippen molar-refractivity contribution in [2.75, 3.05) is 26.9 Å². The molecule has 1 aliphatic heterocycles. The minimum Gasteiger partial charge on any atom is -0.493 e. The molecule has 0 saturated carbocycles. The first-order valence-corrected chi connectivity index (χ1v) is 9.47. The van der Waals surface area contributed by atoms with Crippen LogP contribution in [0.25, 0.3) is 0 Å². The van der Waals surface area contributed by atoms with E-state index in [2.05, 4.69) is 0 Å². The van der Waals surface area contributed by atoms with Crippen molar-refractivity contribution in [2.24, 2.45) is 0 Å². The number of fused-ring (bicyclic) bond motifs is 1. The Kier molecular flexibility index (Phi) is 6.31. The summed E-state index contributed by atoms with van der Waals surface area (Å²) in [6, 6.07) is 12.0. The number of nitrogens with zero attached hydrogens (tertiary/aromatic N) is 1. The second-order valence-electron chi connectivity index (χ2n) is 6.37. The molecule has 2 aromatic carbocycles. The Morgan fingerprint density at radius 3 is 2.18 bits per heavy atom. The van der Waals surface area contributed by atoms with Crippen molar-refractivity contribution in [3.63, 3.8) is 0 Å². The second kappa shape index (κ2) is 8.89. The molecule has 6 nitrogen and oxygen atoms in total. The average molecular weight is 383 g/mol. The summed E-state index contributed by atoms with van der Waals surface area (Å²) in [4.78, 5) is 27.3. The van der Waals surface area contributed by atoms with Crippen LogP contribution in [0.4, 0.5) is 0 Å². The van der Waals surface area contributed by atoms with E-state index in [0.29, 0.717) is 48.9 Å². The summed E-state index contributed by atoms with van der Waals surface area (Å²) in [5, 5.41) is 0.